The smallest absolute Gasteiger partial charge is 0.128 e. The number of fused-ring (bicyclic) bond motifs is 1. The highest BCUT2D eigenvalue weighted by Crippen LogP contribution is 2.39. The fraction of sp³-hybridized carbons (Fsp3) is 0.222. The van der Waals surface area contributed by atoms with Gasteiger partial charge in [0, 0.05) is 10.6 Å². The summed E-state index contributed by atoms with van der Waals surface area (Å²) in [6.45, 7) is 0. The second kappa shape index (κ2) is 2.83. The zero-order valence-corrected chi connectivity index (χ0v) is 7.17. The molecule has 0 saturated heterocycles. The predicted octanol–water partition coefficient (Wildman–Crippen LogP) is 1.78. The van der Waals surface area contributed by atoms with Gasteiger partial charge in [0.15, 0.2) is 0 Å². The van der Waals surface area contributed by atoms with Crippen LogP contribution in [0.25, 0.3) is 0 Å². The van der Waals surface area contributed by atoms with Crippen LogP contribution in [0.3, 0.4) is 0 Å². The molecule has 1 heterocycles. The van der Waals surface area contributed by atoms with Crippen LogP contribution in [0.5, 0.6) is 5.75 Å². The second-order valence-corrected chi connectivity index (χ2v) is 3.84. The van der Waals surface area contributed by atoms with Gasteiger partial charge in [0.1, 0.15) is 12.0 Å². The van der Waals surface area contributed by atoms with E-state index < -0.39 is 0 Å². The van der Waals surface area contributed by atoms with Crippen molar-refractivity contribution in [3.8, 4) is 5.75 Å². The first kappa shape index (κ1) is 7.68. The molecule has 0 bridgehead atoms. The molecule has 2 nitrogen and oxygen atoms in total. The molecule has 1 aromatic rings. The number of hydrogen-bond acceptors (Lipinski definition) is 3. The highest BCUT2D eigenvalue weighted by atomic mass is 32.2. The summed E-state index contributed by atoms with van der Waals surface area (Å²) in [5.74, 6) is 1.02. The van der Waals surface area contributed by atoms with E-state index in [2.05, 4.69) is 0 Å². The summed E-state index contributed by atoms with van der Waals surface area (Å²) in [5.41, 5.74) is 0.968. The highest BCUT2D eigenvalue weighted by molar-refractivity contribution is 7.99. The van der Waals surface area contributed by atoms with Gasteiger partial charge in [-0.05, 0) is 23.8 Å². The molecule has 12 heavy (non-hydrogen) atoms. The number of carbonyl (C=O) groups is 1. The van der Waals surface area contributed by atoms with E-state index >= 15 is 0 Å². The zero-order valence-electron chi connectivity index (χ0n) is 6.36. The minimum absolute atomic E-state index is 0.0305. The van der Waals surface area contributed by atoms with Gasteiger partial charge in [-0.15, -0.1) is 11.8 Å². The molecule has 0 amide bonds. The Kier molecular flexibility index (Phi) is 1.81. The van der Waals surface area contributed by atoms with Crippen LogP contribution in [0.1, 0.15) is 11.5 Å². The van der Waals surface area contributed by atoms with Gasteiger partial charge >= 0.3 is 0 Å². The maximum atomic E-state index is 10.6. The molecule has 0 aromatic heterocycles. The molecular formula is C9H8O2S. The van der Waals surface area contributed by atoms with E-state index in [0.29, 0.717) is 0 Å². The lowest BCUT2D eigenvalue weighted by Crippen LogP contribution is -1.96. The van der Waals surface area contributed by atoms with E-state index in [1.165, 1.54) is 0 Å². The van der Waals surface area contributed by atoms with E-state index in [1.807, 2.05) is 6.07 Å². The molecule has 0 spiro atoms. The molecule has 2 rings (SSSR count). The summed E-state index contributed by atoms with van der Waals surface area (Å²) >= 11 is 1.67. The number of aldehydes is 1. The summed E-state index contributed by atoms with van der Waals surface area (Å²) in [6, 6.07) is 5.19. The Hall–Kier alpha value is -0.960. The first-order valence-corrected chi connectivity index (χ1v) is 4.71. The van der Waals surface area contributed by atoms with Crippen molar-refractivity contribution < 1.29 is 9.90 Å². The number of thioether (sulfide) groups is 1. The number of phenols is 1. The number of rotatable bonds is 1. The van der Waals surface area contributed by atoms with E-state index in [4.69, 9.17) is 0 Å². The van der Waals surface area contributed by atoms with Crippen LogP contribution < -0.4 is 0 Å². The lowest BCUT2D eigenvalue weighted by Gasteiger charge is -2.01. The molecule has 0 fully saturated rings. The molecule has 1 aliphatic rings. The SMILES string of the molecule is O=CC1CSc2ccc(O)cc21. The van der Waals surface area contributed by atoms with Crippen LogP contribution in [0, 0.1) is 0 Å². The van der Waals surface area contributed by atoms with Gasteiger partial charge in [-0.25, -0.2) is 0 Å². The van der Waals surface area contributed by atoms with Crippen LogP contribution >= 0.6 is 11.8 Å². The van der Waals surface area contributed by atoms with Crippen LogP contribution in [0.2, 0.25) is 0 Å². The largest absolute Gasteiger partial charge is 0.508 e. The Labute approximate surface area is 74.6 Å². The summed E-state index contributed by atoms with van der Waals surface area (Å²) in [5, 5.41) is 9.18. The summed E-state index contributed by atoms with van der Waals surface area (Å²) in [4.78, 5) is 11.7. The Bertz CT molecular complexity index is 322. The first-order chi connectivity index (χ1) is 5.81. The van der Waals surface area contributed by atoms with Crippen LogP contribution in [-0.2, 0) is 4.79 Å². The lowest BCUT2D eigenvalue weighted by atomic mass is 10.0. The van der Waals surface area contributed by atoms with Gasteiger partial charge in [-0.2, -0.15) is 0 Å². The van der Waals surface area contributed by atoms with Crippen molar-refractivity contribution in [2.24, 2.45) is 0 Å². The molecule has 0 aliphatic carbocycles. The number of carbonyl (C=O) groups excluding carboxylic acids is 1. The van der Waals surface area contributed by atoms with E-state index in [1.54, 1.807) is 23.9 Å². The Balaban J connectivity index is 2.49. The van der Waals surface area contributed by atoms with Crippen molar-refractivity contribution in [2.45, 2.75) is 10.8 Å². The minimum atomic E-state index is -0.0305. The highest BCUT2D eigenvalue weighted by Gasteiger charge is 2.22. The third-order valence-electron chi connectivity index (χ3n) is 1.98. The molecule has 1 unspecified atom stereocenters. The topological polar surface area (TPSA) is 37.3 Å². The minimum Gasteiger partial charge on any atom is -0.508 e. The molecule has 0 saturated carbocycles. The van der Waals surface area contributed by atoms with E-state index in [9.17, 15) is 9.90 Å². The Morgan fingerprint density at radius 1 is 1.58 bits per heavy atom. The van der Waals surface area contributed by atoms with Crippen molar-refractivity contribution in [3.05, 3.63) is 23.8 Å². The second-order valence-electron chi connectivity index (χ2n) is 2.78. The monoisotopic (exact) mass is 180 g/mol. The summed E-state index contributed by atoms with van der Waals surface area (Å²) < 4.78 is 0. The summed E-state index contributed by atoms with van der Waals surface area (Å²) in [7, 11) is 0. The molecule has 3 heteroatoms. The molecule has 1 aromatic carbocycles. The molecule has 62 valence electrons. The van der Waals surface area contributed by atoms with Crippen LogP contribution in [0.4, 0.5) is 0 Å². The van der Waals surface area contributed by atoms with Crippen LogP contribution in [-0.4, -0.2) is 17.1 Å². The number of aromatic hydroxyl groups is 1. The Morgan fingerprint density at radius 2 is 2.42 bits per heavy atom. The normalized spacial score (nSPS) is 20.5. The third kappa shape index (κ3) is 1.10. The van der Waals surface area contributed by atoms with Gasteiger partial charge in [-0.3, -0.25) is 0 Å². The van der Waals surface area contributed by atoms with Crippen LogP contribution in [0.15, 0.2) is 23.1 Å². The van der Waals surface area contributed by atoms with Gasteiger partial charge < -0.3 is 9.90 Å². The molecule has 0 radical (unpaired) electrons. The van der Waals surface area contributed by atoms with Crippen molar-refractivity contribution in [1.82, 2.24) is 0 Å². The first-order valence-electron chi connectivity index (χ1n) is 3.72. The zero-order chi connectivity index (χ0) is 8.55. The van der Waals surface area contributed by atoms with Gasteiger partial charge in [0.25, 0.3) is 0 Å². The molecule has 1 N–H and O–H groups in total. The molecule has 1 atom stereocenters. The maximum Gasteiger partial charge on any atom is 0.128 e. The fourth-order valence-corrected chi connectivity index (χ4v) is 2.50. The average molecular weight is 180 g/mol. The van der Waals surface area contributed by atoms with Gasteiger partial charge in [0.2, 0.25) is 0 Å². The van der Waals surface area contributed by atoms with Crippen molar-refractivity contribution in [1.29, 1.82) is 0 Å². The quantitative estimate of drug-likeness (QED) is 0.669. The van der Waals surface area contributed by atoms with Crippen molar-refractivity contribution in [2.75, 3.05) is 5.75 Å². The lowest BCUT2D eigenvalue weighted by molar-refractivity contribution is -0.108. The number of phenolic OH excluding ortho intramolecular Hbond substituents is 1. The van der Waals surface area contributed by atoms with Gasteiger partial charge in [0.05, 0.1) is 5.92 Å². The van der Waals surface area contributed by atoms with E-state index in [0.717, 1.165) is 22.5 Å². The van der Waals surface area contributed by atoms with E-state index in [-0.39, 0.29) is 11.7 Å². The number of hydrogen-bond donors (Lipinski definition) is 1. The standard InChI is InChI=1S/C9H8O2S/c10-4-6-5-12-9-2-1-7(11)3-8(6)9/h1-4,6,11H,5H2. The molecule has 1 aliphatic heterocycles. The maximum absolute atomic E-state index is 10.6. The van der Waals surface area contributed by atoms with Crippen molar-refractivity contribution >= 4 is 18.0 Å². The third-order valence-corrected chi connectivity index (χ3v) is 3.18. The fourth-order valence-electron chi connectivity index (χ4n) is 1.34. The van der Waals surface area contributed by atoms with Gasteiger partial charge in [-0.1, -0.05) is 0 Å². The van der Waals surface area contributed by atoms with Crippen molar-refractivity contribution in [3.63, 3.8) is 0 Å². The average Bonchev–Trinajstić information content (AvgIpc) is 2.46. The Morgan fingerprint density at radius 3 is 3.17 bits per heavy atom. The molecular weight excluding hydrogens is 172 g/mol. The number of benzene rings is 1. The predicted molar refractivity (Wildman–Crippen MR) is 47.6 cm³/mol. The summed E-state index contributed by atoms with van der Waals surface area (Å²) in [6.07, 6.45) is 0.943.